The van der Waals surface area contributed by atoms with E-state index in [-0.39, 0.29) is 15.8 Å². The van der Waals surface area contributed by atoms with E-state index in [0.717, 1.165) is 51.9 Å². The number of nitrogens with zero attached hydrogens (tertiary/aromatic N) is 1. The van der Waals surface area contributed by atoms with Gasteiger partial charge in [0, 0.05) is 39.7 Å². The third kappa shape index (κ3) is 3.48. The van der Waals surface area contributed by atoms with E-state index < -0.39 is 14.9 Å². The smallest absolute Gasteiger partial charge is 0.271 e. The maximum atomic E-state index is 12.8. The van der Waals surface area contributed by atoms with E-state index in [1.54, 1.807) is 47.8 Å². The van der Waals surface area contributed by atoms with E-state index in [1.807, 2.05) is 0 Å². The van der Waals surface area contributed by atoms with Gasteiger partial charge in [-0.15, -0.1) is 11.3 Å². The third-order valence-electron chi connectivity index (χ3n) is 5.56. The molecule has 10 heteroatoms. The molecule has 7 nitrogen and oxygen atoms in total. The summed E-state index contributed by atoms with van der Waals surface area (Å²) in [5.41, 5.74) is 4.07. The number of fused-ring (bicyclic) bond motifs is 3. The number of thiophene rings is 1. The molecule has 1 aliphatic carbocycles. The molecule has 4 aromatic rings. The van der Waals surface area contributed by atoms with Gasteiger partial charge in [0.05, 0.1) is 10.6 Å². The monoisotopic (exact) mass is 473 g/mol. The Morgan fingerprint density at radius 2 is 2.03 bits per heavy atom. The van der Waals surface area contributed by atoms with Crippen molar-refractivity contribution in [3.63, 3.8) is 0 Å². The van der Waals surface area contributed by atoms with Crippen LogP contribution in [-0.2, 0) is 16.4 Å². The number of nitro benzene ring substituents is 1. The first kappa shape index (κ1) is 20.0. The second-order valence-corrected chi connectivity index (χ2v) is 10.7. The Hall–Kier alpha value is -2.88. The zero-order chi connectivity index (χ0) is 21.8. The van der Waals surface area contributed by atoms with Gasteiger partial charge in [0.15, 0.2) is 0 Å². The van der Waals surface area contributed by atoms with E-state index in [9.17, 15) is 18.5 Å². The first-order valence-electron chi connectivity index (χ1n) is 9.48. The highest BCUT2D eigenvalue weighted by molar-refractivity contribution is 7.94. The highest BCUT2D eigenvalue weighted by Gasteiger charge is 2.31. The topological polar surface area (TPSA) is 105 Å². The molecule has 0 spiro atoms. The number of H-pyrrole nitrogens is 1. The lowest BCUT2D eigenvalue weighted by atomic mass is 9.95. The normalized spacial score (nSPS) is 15.8. The van der Waals surface area contributed by atoms with Gasteiger partial charge >= 0.3 is 0 Å². The molecule has 2 heterocycles. The van der Waals surface area contributed by atoms with Crippen LogP contribution in [0.15, 0.2) is 58.1 Å². The largest absolute Gasteiger partial charge is 0.358 e. The molecule has 1 unspecified atom stereocenters. The fourth-order valence-electron chi connectivity index (χ4n) is 4.21. The van der Waals surface area contributed by atoms with E-state index in [2.05, 4.69) is 9.71 Å². The van der Waals surface area contributed by atoms with Crippen LogP contribution in [0.5, 0.6) is 0 Å². The summed E-state index contributed by atoms with van der Waals surface area (Å²) in [5.74, 6) is -0.110. The van der Waals surface area contributed by atoms with Crippen LogP contribution < -0.4 is 4.72 Å². The Bertz CT molecular complexity index is 1430. The van der Waals surface area contributed by atoms with Crippen LogP contribution in [0, 0.1) is 10.1 Å². The number of benzene rings is 2. The van der Waals surface area contributed by atoms with Crippen LogP contribution in [-0.4, -0.2) is 18.3 Å². The molecule has 0 amide bonds. The van der Waals surface area contributed by atoms with E-state index >= 15 is 0 Å². The molecule has 0 saturated heterocycles. The number of hydrogen-bond donors (Lipinski definition) is 2. The quantitative estimate of drug-likeness (QED) is 0.287. The number of aromatic nitrogens is 1. The molecule has 5 rings (SSSR count). The minimum atomic E-state index is -3.71. The molecule has 0 radical (unpaired) electrons. The number of non-ortho nitro benzene ring substituents is 1. The van der Waals surface area contributed by atoms with E-state index in [0.29, 0.717) is 10.7 Å². The van der Waals surface area contributed by atoms with Gasteiger partial charge < -0.3 is 4.98 Å². The van der Waals surface area contributed by atoms with Gasteiger partial charge in [-0.2, -0.15) is 0 Å². The number of nitro groups is 1. The number of aryl methyl sites for hydroxylation is 1. The summed E-state index contributed by atoms with van der Waals surface area (Å²) in [5, 5.41) is 14.2. The third-order valence-corrected chi connectivity index (χ3v) is 8.56. The number of anilines is 1. The Labute approximate surface area is 186 Å². The maximum Gasteiger partial charge on any atom is 0.271 e. The predicted octanol–water partition coefficient (Wildman–Crippen LogP) is 5.67. The molecule has 2 N–H and O–H groups in total. The van der Waals surface area contributed by atoms with E-state index in [1.165, 1.54) is 6.07 Å². The summed E-state index contributed by atoms with van der Waals surface area (Å²) in [6, 6.07) is 13.1. The van der Waals surface area contributed by atoms with Crippen LogP contribution in [0.2, 0.25) is 5.02 Å². The molecule has 31 heavy (non-hydrogen) atoms. The van der Waals surface area contributed by atoms with Crippen molar-refractivity contribution in [2.45, 2.75) is 23.0 Å². The van der Waals surface area contributed by atoms with Crippen LogP contribution in [0.3, 0.4) is 0 Å². The summed E-state index contributed by atoms with van der Waals surface area (Å²) in [7, 11) is -3.71. The van der Waals surface area contributed by atoms with Gasteiger partial charge in [-0.3, -0.25) is 14.8 Å². The van der Waals surface area contributed by atoms with Gasteiger partial charge in [0.25, 0.3) is 15.7 Å². The van der Waals surface area contributed by atoms with Crippen molar-refractivity contribution < 1.29 is 13.3 Å². The molecule has 0 saturated carbocycles. The summed E-state index contributed by atoms with van der Waals surface area (Å²) in [6.45, 7) is 0. The number of aromatic amines is 1. The zero-order valence-corrected chi connectivity index (χ0v) is 18.4. The van der Waals surface area contributed by atoms with Crippen LogP contribution in [0.1, 0.15) is 29.2 Å². The second-order valence-electron chi connectivity index (χ2n) is 7.36. The first-order valence-corrected chi connectivity index (χ1v) is 12.2. The molecule has 158 valence electrons. The molecule has 0 fully saturated rings. The molecule has 1 atom stereocenters. The fraction of sp³-hybridized carbons (Fsp3) is 0.143. The predicted molar refractivity (Wildman–Crippen MR) is 122 cm³/mol. The van der Waals surface area contributed by atoms with Gasteiger partial charge in [0.1, 0.15) is 4.21 Å². The highest BCUT2D eigenvalue weighted by Crippen LogP contribution is 2.45. The molecule has 1 aliphatic rings. The fourth-order valence-corrected chi connectivity index (χ4v) is 6.47. The summed E-state index contributed by atoms with van der Waals surface area (Å²) < 4.78 is 28.5. The average molecular weight is 474 g/mol. The summed E-state index contributed by atoms with van der Waals surface area (Å²) in [4.78, 5) is 14.2. The number of halogens is 1. The van der Waals surface area contributed by atoms with Crippen molar-refractivity contribution in [1.82, 2.24) is 4.98 Å². The minimum Gasteiger partial charge on any atom is -0.358 e. The lowest BCUT2D eigenvalue weighted by Crippen LogP contribution is -2.14. The van der Waals surface area contributed by atoms with Crippen LogP contribution in [0.25, 0.3) is 10.9 Å². The van der Waals surface area contributed by atoms with Gasteiger partial charge in [-0.1, -0.05) is 17.7 Å². The SMILES string of the molecule is O=[N+]([O-])c1ccc2[nH]c3c(c2c1)CCC3c1cc(Cl)ccc1NS(=O)(=O)c1cccs1. The van der Waals surface area contributed by atoms with E-state index in [4.69, 9.17) is 11.6 Å². The van der Waals surface area contributed by atoms with Crippen LogP contribution >= 0.6 is 22.9 Å². The summed E-state index contributed by atoms with van der Waals surface area (Å²) >= 11 is 7.41. The molecule has 2 aromatic heterocycles. The molecular formula is C21H16ClN3O4S2. The Morgan fingerprint density at radius 1 is 1.19 bits per heavy atom. The van der Waals surface area contributed by atoms with Crippen molar-refractivity contribution in [2.75, 3.05) is 4.72 Å². The lowest BCUT2D eigenvalue weighted by Gasteiger charge is -2.17. The number of rotatable bonds is 5. The molecular weight excluding hydrogens is 458 g/mol. The van der Waals surface area contributed by atoms with Crippen molar-refractivity contribution in [1.29, 1.82) is 0 Å². The highest BCUT2D eigenvalue weighted by atomic mass is 35.5. The number of hydrogen-bond acceptors (Lipinski definition) is 5. The minimum absolute atomic E-state index is 0.0462. The zero-order valence-electron chi connectivity index (χ0n) is 16.0. The van der Waals surface area contributed by atoms with Gasteiger partial charge in [0.2, 0.25) is 0 Å². The van der Waals surface area contributed by atoms with Gasteiger partial charge in [-0.05, 0) is 59.7 Å². The molecule has 2 aromatic carbocycles. The Kier molecular flexibility index (Phi) is 4.76. The molecule has 0 bridgehead atoms. The molecule has 0 aliphatic heterocycles. The number of sulfonamides is 1. The van der Waals surface area contributed by atoms with Crippen molar-refractivity contribution in [2.24, 2.45) is 0 Å². The van der Waals surface area contributed by atoms with Gasteiger partial charge in [-0.25, -0.2) is 8.42 Å². The Morgan fingerprint density at radius 3 is 2.77 bits per heavy atom. The first-order chi connectivity index (χ1) is 14.8. The Balaban J connectivity index is 1.59. The average Bonchev–Trinajstić information content (AvgIpc) is 3.46. The van der Waals surface area contributed by atoms with Crippen molar-refractivity contribution >= 4 is 55.2 Å². The number of nitrogens with one attached hydrogen (secondary N) is 2. The second kappa shape index (κ2) is 7.37. The maximum absolute atomic E-state index is 12.8. The van der Waals surface area contributed by atoms with Crippen LogP contribution in [0.4, 0.5) is 11.4 Å². The van der Waals surface area contributed by atoms with Crippen molar-refractivity contribution in [3.05, 3.63) is 85.9 Å². The lowest BCUT2D eigenvalue weighted by molar-refractivity contribution is -0.384. The summed E-state index contributed by atoms with van der Waals surface area (Å²) in [6.07, 6.45) is 1.47. The van der Waals surface area contributed by atoms with Crippen molar-refractivity contribution in [3.8, 4) is 0 Å². The standard InChI is InChI=1S/C21H16ClN3O4S2/c22-12-3-7-19(24-31(28,29)20-2-1-9-30-20)16(10-12)14-5-6-15-17-11-13(25(26)27)4-8-18(17)23-21(14)15/h1-4,7-11,14,23-24H,5-6H2.